The van der Waals surface area contributed by atoms with Gasteiger partial charge in [-0.2, -0.15) is 15.6 Å². The van der Waals surface area contributed by atoms with E-state index >= 15 is 0 Å². The lowest BCUT2D eigenvalue weighted by Crippen LogP contribution is -2.41. The molecular formula is C42H61FN5O9P. The maximum Gasteiger partial charge on any atom is 0.472 e. The smallest absolute Gasteiger partial charge is 0.387 e. The number of fused-ring (bicyclic) bond motifs is 1. The highest BCUT2D eigenvalue weighted by Gasteiger charge is 2.58. The van der Waals surface area contributed by atoms with Crippen LogP contribution in [0.4, 0.5) is 4.39 Å². The third-order valence-electron chi connectivity index (χ3n) is 10.6. The first kappa shape index (κ1) is 47.3. The summed E-state index contributed by atoms with van der Waals surface area (Å²) >= 11 is 0. The fraction of sp³-hybridized carbons (Fsp3) is 0.667. The first-order valence-corrected chi connectivity index (χ1v) is 22.3. The number of unbranched alkanes of at least 4 members (excludes halogenated alkanes) is 15. The molecule has 16 heteroatoms. The Morgan fingerprint density at radius 3 is 2.19 bits per heavy atom. The van der Waals surface area contributed by atoms with Crippen LogP contribution in [0.15, 0.2) is 36.7 Å². The molecule has 1 unspecified atom stereocenters. The molecule has 1 fully saturated rings. The van der Waals surface area contributed by atoms with Crippen LogP contribution in [0.5, 0.6) is 0 Å². The first-order chi connectivity index (χ1) is 28.0. The van der Waals surface area contributed by atoms with Crippen molar-refractivity contribution in [3.8, 4) is 12.1 Å². The third kappa shape index (κ3) is 14.1. The molecule has 320 valence electrons. The lowest BCUT2D eigenvalue weighted by Gasteiger charge is -2.24. The van der Waals surface area contributed by atoms with Crippen LogP contribution in [-0.4, -0.2) is 80.5 Å². The van der Waals surface area contributed by atoms with Crippen molar-refractivity contribution in [3.63, 3.8) is 0 Å². The Hall–Kier alpha value is -3.34. The standard InChI is InChI=1S/C42H61FN5O9P/c1-3-4-5-6-7-8-9-10-11-12-13-14-15-16-17-18-23-53-27-35(54-26-34-24-33(25-44)19-20-36(34)43)28-55-58(51,52)56-29-38-40(49)41(50)42(30-45,57-38)39-22-21-37-32(2)46-31-47-48(37)39/h19-22,24,31,35,38,40-41,49-50H,3-18,23,26-29H2,1-2H3,(H,51,52)/t35-,38-,40-,41-,42+/m1/s1. The third-order valence-corrected chi connectivity index (χ3v) is 11.5. The largest absolute Gasteiger partial charge is 0.472 e. The normalized spacial score (nSPS) is 20.9. The van der Waals surface area contributed by atoms with Crippen LogP contribution in [0.2, 0.25) is 0 Å². The van der Waals surface area contributed by atoms with E-state index in [2.05, 4.69) is 17.0 Å². The Labute approximate surface area is 341 Å². The Morgan fingerprint density at radius 1 is 0.931 bits per heavy atom. The molecule has 4 rings (SSSR count). The second-order valence-electron chi connectivity index (χ2n) is 15.1. The molecule has 14 nitrogen and oxygen atoms in total. The number of nitrogens with zero attached hydrogens (tertiary/aromatic N) is 5. The van der Waals surface area contributed by atoms with Gasteiger partial charge in [0, 0.05) is 12.2 Å². The topological polar surface area (TPSA) is 202 Å². The molecule has 1 aliphatic heterocycles. The van der Waals surface area contributed by atoms with Gasteiger partial charge in [0.1, 0.15) is 42.6 Å². The molecule has 0 radical (unpaired) electrons. The van der Waals surface area contributed by atoms with Gasteiger partial charge < -0.3 is 29.3 Å². The highest BCUT2D eigenvalue weighted by atomic mass is 31.2. The van der Waals surface area contributed by atoms with E-state index in [4.69, 9.17) is 23.3 Å². The zero-order valence-electron chi connectivity index (χ0n) is 34.0. The van der Waals surface area contributed by atoms with Crippen LogP contribution >= 0.6 is 7.82 Å². The first-order valence-electron chi connectivity index (χ1n) is 20.8. The summed E-state index contributed by atoms with van der Waals surface area (Å²) in [4.78, 5) is 14.7. The molecule has 0 aliphatic carbocycles. The van der Waals surface area contributed by atoms with E-state index in [0.717, 1.165) is 25.3 Å². The molecule has 2 aromatic heterocycles. The highest BCUT2D eigenvalue weighted by molar-refractivity contribution is 7.47. The molecule has 0 bridgehead atoms. The lowest BCUT2D eigenvalue weighted by atomic mass is 9.92. The average Bonchev–Trinajstić information content (AvgIpc) is 3.77. The SMILES string of the molecule is CCCCCCCCCCCCCCCCCCOC[C@H](COP(=O)(O)OC[C@H]1O[C@@](C#N)(c2ccc3c(C)ncnn23)[C@H](O)[C@@H]1O)OCc1cc(C#N)ccc1F. The molecule has 58 heavy (non-hydrogen) atoms. The van der Waals surface area contributed by atoms with E-state index in [1.807, 2.05) is 12.1 Å². The van der Waals surface area contributed by atoms with Gasteiger partial charge in [-0.3, -0.25) is 9.05 Å². The van der Waals surface area contributed by atoms with Crippen molar-refractivity contribution in [2.45, 2.75) is 153 Å². The van der Waals surface area contributed by atoms with Crippen LogP contribution in [0.25, 0.3) is 5.52 Å². The van der Waals surface area contributed by atoms with E-state index in [9.17, 15) is 34.6 Å². The summed E-state index contributed by atoms with van der Waals surface area (Å²) < 4.78 is 56.8. The molecule has 0 spiro atoms. The predicted octanol–water partition coefficient (Wildman–Crippen LogP) is 7.89. The Morgan fingerprint density at radius 2 is 1.57 bits per heavy atom. The fourth-order valence-corrected chi connectivity index (χ4v) is 7.88. The minimum Gasteiger partial charge on any atom is -0.387 e. The average molecular weight is 830 g/mol. The van der Waals surface area contributed by atoms with Crippen molar-refractivity contribution in [2.75, 3.05) is 26.4 Å². The van der Waals surface area contributed by atoms with E-state index in [1.54, 1.807) is 13.0 Å². The number of rotatable bonds is 29. The molecule has 3 aromatic rings. The van der Waals surface area contributed by atoms with Crippen LogP contribution in [0.1, 0.15) is 132 Å². The van der Waals surface area contributed by atoms with Gasteiger partial charge in [-0.1, -0.05) is 103 Å². The van der Waals surface area contributed by atoms with E-state index in [1.165, 1.54) is 113 Å². The van der Waals surface area contributed by atoms with Crippen LogP contribution in [0.3, 0.4) is 0 Å². The van der Waals surface area contributed by atoms with Crippen molar-refractivity contribution >= 4 is 13.3 Å². The number of aryl methyl sites for hydroxylation is 1. The summed E-state index contributed by atoms with van der Waals surface area (Å²) in [7, 11) is -4.83. The molecule has 3 N–H and O–H groups in total. The van der Waals surface area contributed by atoms with Crippen molar-refractivity contribution in [1.82, 2.24) is 14.6 Å². The number of hydrogen-bond donors (Lipinski definition) is 3. The zero-order chi connectivity index (χ0) is 41.8. The number of phosphoric ester groups is 1. The second-order valence-corrected chi connectivity index (χ2v) is 16.5. The highest BCUT2D eigenvalue weighted by Crippen LogP contribution is 2.46. The van der Waals surface area contributed by atoms with Crippen molar-refractivity contribution in [1.29, 1.82) is 10.5 Å². The van der Waals surface area contributed by atoms with E-state index in [0.29, 0.717) is 17.8 Å². The molecule has 0 amide bonds. The Kier molecular flexibility index (Phi) is 20.1. The van der Waals surface area contributed by atoms with Gasteiger partial charge in [-0.05, 0) is 43.7 Å². The van der Waals surface area contributed by atoms with Gasteiger partial charge >= 0.3 is 7.82 Å². The fourth-order valence-electron chi connectivity index (χ4n) is 7.11. The molecule has 1 aromatic carbocycles. The Bertz CT molecular complexity index is 1820. The number of halogens is 1. The van der Waals surface area contributed by atoms with Gasteiger partial charge in [-0.15, -0.1) is 0 Å². The van der Waals surface area contributed by atoms with Crippen LogP contribution in [0, 0.1) is 35.4 Å². The van der Waals surface area contributed by atoms with Gasteiger partial charge in [0.05, 0.1) is 55.0 Å². The summed E-state index contributed by atoms with van der Waals surface area (Å²) in [5.41, 5.74) is -0.428. The second kappa shape index (κ2) is 24.7. The number of benzene rings is 1. The number of aliphatic hydroxyl groups excluding tert-OH is 2. The van der Waals surface area contributed by atoms with Crippen molar-refractivity contribution in [3.05, 3.63) is 65.0 Å². The van der Waals surface area contributed by atoms with E-state index in [-0.39, 0.29) is 30.0 Å². The van der Waals surface area contributed by atoms with Crippen LogP contribution < -0.4 is 0 Å². The van der Waals surface area contributed by atoms with Gasteiger partial charge in [0.25, 0.3) is 0 Å². The van der Waals surface area contributed by atoms with Gasteiger partial charge in [0.15, 0.2) is 0 Å². The monoisotopic (exact) mass is 829 g/mol. The summed E-state index contributed by atoms with van der Waals surface area (Å²) in [6.45, 7) is 2.91. The zero-order valence-corrected chi connectivity index (χ0v) is 34.9. The summed E-state index contributed by atoms with van der Waals surface area (Å²) in [5, 5.41) is 45.4. The van der Waals surface area contributed by atoms with Gasteiger partial charge in [-0.25, -0.2) is 18.5 Å². The molecule has 6 atom stereocenters. The van der Waals surface area contributed by atoms with Gasteiger partial charge in [0.2, 0.25) is 5.60 Å². The summed E-state index contributed by atoms with van der Waals surface area (Å²) in [6.07, 6.45) is 15.5. The maximum absolute atomic E-state index is 14.5. The molecule has 3 heterocycles. The Balaban J connectivity index is 1.20. The lowest BCUT2D eigenvalue weighted by molar-refractivity contribution is -0.0691. The summed E-state index contributed by atoms with van der Waals surface area (Å²) in [6, 6.07) is 10.9. The predicted molar refractivity (Wildman–Crippen MR) is 214 cm³/mol. The number of aromatic nitrogens is 3. The number of aliphatic hydroxyl groups is 2. The minimum absolute atomic E-state index is 0.0338. The molecular weight excluding hydrogens is 768 g/mol. The molecule has 1 aliphatic rings. The molecule has 1 saturated heterocycles. The number of hydrogen-bond acceptors (Lipinski definition) is 12. The van der Waals surface area contributed by atoms with Crippen molar-refractivity contribution < 1.29 is 47.3 Å². The number of phosphoric acid groups is 1. The number of nitriles is 2. The van der Waals surface area contributed by atoms with Crippen molar-refractivity contribution in [2.24, 2.45) is 0 Å². The van der Waals surface area contributed by atoms with E-state index < -0.39 is 56.9 Å². The minimum atomic E-state index is -4.83. The van der Waals surface area contributed by atoms with Crippen LogP contribution in [-0.2, 0) is 40.0 Å². The quantitative estimate of drug-likeness (QED) is 0.0451. The maximum atomic E-state index is 14.5. The summed E-state index contributed by atoms with van der Waals surface area (Å²) in [5.74, 6) is -0.578. The number of ether oxygens (including phenoxy) is 3. The molecule has 0 saturated carbocycles.